The highest BCUT2D eigenvalue weighted by molar-refractivity contribution is 5.93. The zero-order valence-electron chi connectivity index (χ0n) is 16.3. The maximum atomic E-state index is 12.9. The molecule has 0 atom stereocenters. The molecule has 0 fully saturated rings. The molecule has 1 heterocycles. The first-order valence-electron chi connectivity index (χ1n) is 10.2. The van der Waals surface area contributed by atoms with Crippen LogP contribution in [-0.2, 0) is 13.5 Å². The van der Waals surface area contributed by atoms with E-state index in [0.29, 0.717) is 0 Å². The molecular formula is C24H31NO. The van der Waals surface area contributed by atoms with E-state index < -0.39 is 0 Å². The van der Waals surface area contributed by atoms with Gasteiger partial charge in [0, 0.05) is 17.8 Å². The second-order valence-corrected chi connectivity index (χ2v) is 7.48. The Morgan fingerprint density at radius 1 is 0.769 bits per heavy atom. The molecule has 0 unspecified atom stereocenters. The van der Waals surface area contributed by atoms with Crippen molar-refractivity contribution in [1.29, 1.82) is 0 Å². The average Bonchev–Trinajstić information content (AvgIpc) is 2.68. The average molecular weight is 350 g/mol. The largest absolute Gasteiger partial charge is 0.343 e. The van der Waals surface area contributed by atoms with Crippen LogP contribution in [0.4, 0.5) is 0 Å². The molecular weight excluding hydrogens is 318 g/mol. The number of fused-ring (bicyclic) bond motifs is 2. The predicted octanol–water partition coefficient (Wildman–Crippen LogP) is 6.37. The maximum absolute atomic E-state index is 12.9. The molecule has 2 nitrogen and oxygen atoms in total. The van der Waals surface area contributed by atoms with Gasteiger partial charge in [-0.15, -0.1) is 0 Å². The van der Waals surface area contributed by atoms with Crippen molar-refractivity contribution in [3.63, 3.8) is 0 Å². The van der Waals surface area contributed by atoms with Crippen molar-refractivity contribution < 1.29 is 0 Å². The lowest BCUT2D eigenvalue weighted by Gasteiger charge is -2.11. The summed E-state index contributed by atoms with van der Waals surface area (Å²) in [6, 6.07) is 14.3. The number of nitrogens with zero attached hydrogens (tertiary/aromatic N) is 1. The van der Waals surface area contributed by atoms with Crippen LogP contribution >= 0.6 is 0 Å². The van der Waals surface area contributed by atoms with Crippen LogP contribution in [0, 0.1) is 0 Å². The second-order valence-electron chi connectivity index (χ2n) is 7.48. The molecule has 0 aliphatic heterocycles. The van der Waals surface area contributed by atoms with Gasteiger partial charge in [0.05, 0.1) is 11.0 Å². The molecule has 0 aliphatic carbocycles. The minimum absolute atomic E-state index is 0.159. The van der Waals surface area contributed by atoms with Crippen molar-refractivity contribution in [3.8, 4) is 0 Å². The number of aryl methyl sites for hydroxylation is 2. The van der Waals surface area contributed by atoms with Crippen LogP contribution in [0.5, 0.6) is 0 Å². The predicted molar refractivity (Wildman–Crippen MR) is 113 cm³/mol. The molecule has 0 radical (unpaired) electrons. The van der Waals surface area contributed by atoms with Crippen molar-refractivity contribution in [2.75, 3.05) is 0 Å². The van der Waals surface area contributed by atoms with Gasteiger partial charge in [0.15, 0.2) is 5.43 Å². The maximum Gasteiger partial charge on any atom is 0.197 e. The van der Waals surface area contributed by atoms with Crippen molar-refractivity contribution >= 4 is 21.8 Å². The van der Waals surface area contributed by atoms with Crippen LogP contribution in [0.2, 0.25) is 0 Å². The Kier molecular flexibility index (Phi) is 6.49. The standard InChI is InChI=1S/C24H31NO/c1-3-4-5-6-7-8-9-10-13-19-16-17-23-21(18-19)24(26)20-14-11-12-15-22(20)25(23)2/h11-12,14-18H,3-10,13H2,1-2H3. The number of pyridine rings is 1. The third-order valence-electron chi connectivity index (χ3n) is 5.50. The van der Waals surface area contributed by atoms with Gasteiger partial charge in [-0.1, -0.05) is 70.1 Å². The minimum atomic E-state index is 0.159. The van der Waals surface area contributed by atoms with Crippen LogP contribution in [0.1, 0.15) is 63.9 Å². The first-order valence-corrected chi connectivity index (χ1v) is 10.2. The summed E-state index contributed by atoms with van der Waals surface area (Å²) >= 11 is 0. The third kappa shape index (κ3) is 4.17. The van der Waals surface area contributed by atoms with E-state index in [1.165, 1.54) is 56.9 Å². The van der Waals surface area contributed by atoms with E-state index in [9.17, 15) is 4.79 Å². The molecule has 26 heavy (non-hydrogen) atoms. The fraction of sp³-hybridized carbons (Fsp3) is 0.458. The highest BCUT2D eigenvalue weighted by atomic mass is 16.1. The van der Waals surface area contributed by atoms with Gasteiger partial charge >= 0.3 is 0 Å². The number of hydrogen-bond donors (Lipinski definition) is 0. The number of aromatic nitrogens is 1. The first-order chi connectivity index (χ1) is 12.7. The zero-order chi connectivity index (χ0) is 18.4. The summed E-state index contributed by atoms with van der Waals surface area (Å²) in [6.07, 6.45) is 11.7. The summed E-state index contributed by atoms with van der Waals surface area (Å²) < 4.78 is 2.13. The van der Waals surface area contributed by atoms with Gasteiger partial charge in [0.1, 0.15) is 0 Å². The highest BCUT2D eigenvalue weighted by Crippen LogP contribution is 2.20. The molecule has 3 aromatic rings. The fourth-order valence-corrected chi connectivity index (χ4v) is 3.91. The Hall–Kier alpha value is -2.09. The molecule has 0 spiro atoms. The molecule has 2 heteroatoms. The Bertz CT molecular complexity index is 923. The molecule has 3 rings (SSSR count). The van der Waals surface area contributed by atoms with Gasteiger partial charge in [-0.05, 0) is 42.7 Å². The first kappa shape index (κ1) is 18.7. The number of para-hydroxylation sites is 1. The Morgan fingerprint density at radius 3 is 2.19 bits per heavy atom. The van der Waals surface area contributed by atoms with Crippen molar-refractivity contribution in [2.24, 2.45) is 7.05 Å². The number of benzene rings is 2. The van der Waals surface area contributed by atoms with E-state index in [2.05, 4.69) is 29.7 Å². The van der Waals surface area contributed by atoms with E-state index in [1.807, 2.05) is 31.3 Å². The lowest BCUT2D eigenvalue weighted by Crippen LogP contribution is -2.09. The van der Waals surface area contributed by atoms with Crippen molar-refractivity contribution in [3.05, 3.63) is 58.3 Å². The van der Waals surface area contributed by atoms with E-state index in [0.717, 1.165) is 28.2 Å². The summed E-state index contributed by atoms with van der Waals surface area (Å²) in [4.78, 5) is 12.9. The lowest BCUT2D eigenvalue weighted by molar-refractivity contribution is 0.575. The molecule has 0 saturated heterocycles. The van der Waals surface area contributed by atoms with Crippen LogP contribution < -0.4 is 5.43 Å². The Balaban J connectivity index is 1.67. The zero-order valence-corrected chi connectivity index (χ0v) is 16.3. The minimum Gasteiger partial charge on any atom is -0.343 e. The van der Waals surface area contributed by atoms with Gasteiger partial charge in [0.2, 0.25) is 0 Å². The Morgan fingerprint density at radius 2 is 1.42 bits per heavy atom. The van der Waals surface area contributed by atoms with Crippen LogP contribution in [0.25, 0.3) is 21.8 Å². The molecule has 0 bridgehead atoms. The number of unbranched alkanes of at least 4 members (excludes halogenated alkanes) is 7. The Labute approximate surface area is 156 Å². The second kappa shape index (κ2) is 9.02. The van der Waals surface area contributed by atoms with Crippen LogP contribution in [0.3, 0.4) is 0 Å². The van der Waals surface area contributed by atoms with Gasteiger partial charge in [-0.2, -0.15) is 0 Å². The molecule has 0 N–H and O–H groups in total. The molecule has 0 amide bonds. The van der Waals surface area contributed by atoms with E-state index in [-0.39, 0.29) is 5.43 Å². The molecule has 2 aromatic carbocycles. The summed E-state index contributed by atoms with van der Waals surface area (Å²) in [5.74, 6) is 0. The SMILES string of the molecule is CCCCCCCCCCc1ccc2c(c1)c(=O)c1ccccc1n2C. The van der Waals surface area contributed by atoms with Gasteiger partial charge in [0.25, 0.3) is 0 Å². The van der Waals surface area contributed by atoms with E-state index in [1.54, 1.807) is 0 Å². The molecule has 1 aromatic heterocycles. The summed E-state index contributed by atoms with van der Waals surface area (Å²) in [5.41, 5.74) is 3.47. The van der Waals surface area contributed by atoms with Gasteiger partial charge < -0.3 is 4.57 Å². The normalized spacial score (nSPS) is 11.5. The van der Waals surface area contributed by atoms with E-state index >= 15 is 0 Å². The third-order valence-corrected chi connectivity index (χ3v) is 5.50. The van der Waals surface area contributed by atoms with Crippen molar-refractivity contribution in [2.45, 2.75) is 64.7 Å². The molecule has 0 saturated carbocycles. The van der Waals surface area contributed by atoms with Gasteiger partial charge in [-0.25, -0.2) is 0 Å². The highest BCUT2D eigenvalue weighted by Gasteiger charge is 2.08. The summed E-state index contributed by atoms with van der Waals surface area (Å²) in [6.45, 7) is 2.26. The number of rotatable bonds is 9. The quantitative estimate of drug-likeness (QED) is 0.325. The smallest absolute Gasteiger partial charge is 0.197 e. The van der Waals surface area contributed by atoms with E-state index in [4.69, 9.17) is 0 Å². The van der Waals surface area contributed by atoms with Gasteiger partial charge in [-0.3, -0.25) is 4.79 Å². The monoisotopic (exact) mass is 349 g/mol. The topological polar surface area (TPSA) is 22.0 Å². The van der Waals surface area contributed by atoms with Crippen LogP contribution in [-0.4, -0.2) is 4.57 Å². The summed E-state index contributed by atoms with van der Waals surface area (Å²) in [5, 5.41) is 1.66. The van der Waals surface area contributed by atoms with Crippen LogP contribution in [0.15, 0.2) is 47.3 Å². The lowest BCUT2D eigenvalue weighted by atomic mass is 10.0. The van der Waals surface area contributed by atoms with Crippen molar-refractivity contribution in [1.82, 2.24) is 4.57 Å². The number of hydrogen-bond acceptors (Lipinski definition) is 1. The molecule has 138 valence electrons. The fourth-order valence-electron chi connectivity index (χ4n) is 3.91. The molecule has 0 aliphatic rings. The summed E-state index contributed by atoms with van der Waals surface area (Å²) in [7, 11) is 2.04.